The van der Waals surface area contributed by atoms with E-state index in [1.807, 2.05) is 0 Å². The molecule has 1 N–H and O–H groups in total. The number of hydrogen-bond donors (Lipinski definition) is 0. The summed E-state index contributed by atoms with van der Waals surface area (Å²) < 4.78 is 0. The third kappa shape index (κ3) is 17.6. The minimum absolute atomic E-state index is 0. The number of rotatable bonds is 7. The molecule has 0 aromatic heterocycles. The van der Waals surface area contributed by atoms with E-state index in [1.165, 1.54) is 51.4 Å². The maximum Gasteiger partial charge on any atom is 1.00 e. The molecule has 1 nitrogen and oxygen atoms in total. The van der Waals surface area contributed by atoms with E-state index in [0.29, 0.717) is 0 Å². The van der Waals surface area contributed by atoms with Gasteiger partial charge in [0.25, 0.3) is 0 Å². The van der Waals surface area contributed by atoms with Crippen LogP contribution in [0.2, 0.25) is 0 Å². The molecule has 12 heavy (non-hydrogen) atoms. The van der Waals surface area contributed by atoms with E-state index < -0.39 is 0 Å². The molecular formula is C10H23KO. The maximum absolute atomic E-state index is 2.27. The van der Waals surface area contributed by atoms with E-state index in [9.17, 15) is 0 Å². The molecule has 0 fully saturated rings. The first-order valence-electron chi connectivity index (χ1n) is 4.91. The molecule has 0 saturated carbocycles. The van der Waals surface area contributed by atoms with Crippen molar-refractivity contribution in [2.75, 3.05) is 0 Å². The van der Waals surface area contributed by atoms with Crippen LogP contribution in [0.25, 0.3) is 0 Å². The summed E-state index contributed by atoms with van der Waals surface area (Å²) in [7, 11) is 0. The van der Waals surface area contributed by atoms with Gasteiger partial charge in [0.1, 0.15) is 0 Å². The minimum Gasteiger partial charge on any atom is -0.870 e. The van der Waals surface area contributed by atoms with Crippen LogP contribution in [0.3, 0.4) is 0 Å². The molecule has 0 radical (unpaired) electrons. The molecule has 0 aliphatic rings. The normalized spacial score (nSPS) is 8.50. The van der Waals surface area contributed by atoms with E-state index in [2.05, 4.69) is 13.8 Å². The fourth-order valence-electron chi connectivity index (χ4n) is 1.21. The van der Waals surface area contributed by atoms with Crippen LogP contribution in [0.4, 0.5) is 0 Å². The number of hydrogen-bond acceptors (Lipinski definition) is 1. The fraction of sp³-hybridized carbons (Fsp3) is 1.00. The van der Waals surface area contributed by atoms with Gasteiger partial charge in [0.2, 0.25) is 0 Å². The zero-order chi connectivity index (χ0) is 7.66. The summed E-state index contributed by atoms with van der Waals surface area (Å²) in [4.78, 5) is 0. The molecule has 0 aliphatic carbocycles. The first-order chi connectivity index (χ1) is 4.91. The summed E-state index contributed by atoms with van der Waals surface area (Å²) in [6, 6.07) is 0. The second kappa shape index (κ2) is 18.4. The Balaban J connectivity index is -0.000000405. The van der Waals surface area contributed by atoms with Crippen LogP contribution in [0, 0.1) is 0 Å². The van der Waals surface area contributed by atoms with Crippen molar-refractivity contribution in [1.29, 1.82) is 0 Å². The SMILES string of the molecule is CCCCCCCCCC.[K+].[OH-]. The molecule has 0 spiro atoms. The fourth-order valence-corrected chi connectivity index (χ4v) is 1.21. The molecule has 0 aromatic carbocycles. The van der Waals surface area contributed by atoms with E-state index in [1.54, 1.807) is 0 Å². The predicted octanol–water partition coefficient (Wildman–Crippen LogP) is 0.974. The Morgan fingerprint density at radius 3 is 1.08 bits per heavy atom. The molecule has 70 valence electrons. The molecule has 0 amide bonds. The molecule has 0 unspecified atom stereocenters. The monoisotopic (exact) mass is 198 g/mol. The van der Waals surface area contributed by atoms with Crippen LogP contribution in [-0.2, 0) is 0 Å². The third-order valence-corrected chi connectivity index (χ3v) is 1.96. The first kappa shape index (κ1) is 19.2. The largest absolute Gasteiger partial charge is 1.00 e. The molecule has 0 aromatic rings. The molecular weight excluding hydrogens is 175 g/mol. The average molecular weight is 198 g/mol. The van der Waals surface area contributed by atoms with Crippen molar-refractivity contribution >= 4 is 0 Å². The van der Waals surface area contributed by atoms with Gasteiger partial charge in [-0.15, -0.1) is 0 Å². The van der Waals surface area contributed by atoms with Gasteiger partial charge in [0, 0.05) is 0 Å². The van der Waals surface area contributed by atoms with E-state index >= 15 is 0 Å². The van der Waals surface area contributed by atoms with Gasteiger partial charge >= 0.3 is 51.4 Å². The Hall–Kier alpha value is 1.60. The van der Waals surface area contributed by atoms with E-state index in [0.717, 1.165) is 0 Å². The van der Waals surface area contributed by atoms with Crippen molar-refractivity contribution in [2.45, 2.75) is 65.2 Å². The Morgan fingerprint density at radius 1 is 0.583 bits per heavy atom. The Morgan fingerprint density at radius 2 is 0.833 bits per heavy atom. The first-order valence-corrected chi connectivity index (χ1v) is 4.91. The van der Waals surface area contributed by atoms with Crippen LogP contribution in [0.5, 0.6) is 0 Å². The van der Waals surface area contributed by atoms with Crippen molar-refractivity contribution in [3.63, 3.8) is 0 Å². The van der Waals surface area contributed by atoms with Crippen LogP contribution in [0.1, 0.15) is 65.2 Å². The van der Waals surface area contributed by atoms with Gasteiger partial charge < -0.3 is 5.48 Å². The standard InChI is InChI=1S/C10H22.K.H2O/c1-3-5-7-9-10-8-6-4-2;;/h3-10H2,1-2H3;;1H2/q;+1;/p-1. The van der Waals surface area contributed by atoms with E-state index in [4.69, 9.17) is 0 Å². The summed E-state index contributed by atoms with van der Waals surface area (Å²) in [5.41, 5.74) is 0. The maximum atomic E-state index is 2.27. The summed E-state index contributed by atoms with van der Waals surface area (Å²) in [6.07, 6.45) is 11.5. The van der Waals surface area contributed by atoms with Gasteiger partial charge in [-0.2, -0.15) is 0 Å². The van der Waals surface area contributed by atoms with E-state index in [-0.39, 0.29) is 56.9 Å². The molecule has 0 atom stereocenters. The second-order valence-corrected chi connectivity index (χ2v) is 3.12. The van der Waals surface area contributed by atoms with Gasteiger partial charge in [-0.25, -0.2) is 0 Å². The molecule has 2 heteroatoms. The van der Waals surface area contributed by atoms with Crippen LogP contribution >= 0.6 is 0 Å². The Labute approximate surface area is 120 Å². The topological polar surface area (TPSA) is 30.0 Å². The molecule has 0 rings (SSSR count). The second-order valence-electron chi connectivity index (χ2n) is 3.12. The zero-order valence-corrected chi connectivity index (χ0v) is 12.2. The van der Waals surface area contributed by atoms with Gasteiger partial charge in [0.15, 0.2) is 0 Å². The van der Waals surface area contributed by atoms with Gasteiger partial charge in [-0.3, -0.25) is 0 Å². The predicted molar refractivity (Wildman–Crippen MR) is 50.2 cm³/mol. The minimum atomic E-state index is 0. The molecule has 0 heterocycles. The van der Waals surface area contributed by atoms with Crippen molar-refractivity contribution in [3.8, 4) is 0 Å². The van der Waals surface area contributed by atoms with Crippen LogP contribution < -0.4 is 51.4 Å². The summed E-state index contributed by atoms with van der Waals surface area (Å²) in [5, 5.41) is 0. The zero-order valence-electron chi connectivity index (χ0n) is 9.10. The number of unbranched alkanes of at least 4 members (excludes halogenated alkanes) is 7. The summed E-state index contributed by atoms with van der Waals surface area (Å²) >= 11 is 0. The summed E-state index contributed by atoms with van der Waals surface area (Å²) in [6.45, 7) is 4.54. The van der Waals surface area contributed by atoms with Crippen LogP contribution in [0.15, 0.2) is 0 Å². The Kier molecular flexibility index (Phi) is 29.5. The molecule has 0 bridgehead atoms. The third-order valence-electron chi connectivity index (χ3n) is 1.96. The average Bonchev–Trinajstić information content (AvgIpc) is 1.97. The quantitative estimate of drug-likeness (QED) is 0.443. The van der Waals surface area contributed by atoms with Crippen molar-refractivity contribution in [2.24, 2.45) is 0 Å². The summed E-state index contributed by atoms with van der Waals surface area (Å²) in [5.74, 6) is 0. The molecule has 0 saturated heterocycles. The van der Waals surface area contributed by atoms with Gasteiger partial charge in [0.05, 0.1) is 0 Å². The van der Waals surface area contributed by atoms with Gasteiger partial charge in [-0.1, -0.05) is 65.2 Å². The van der Waals surface area contributed by atoms with Crippen molar-refractivity contribution in [1.82, 2.24) is 0 Å². The van der Waals surface area contributed by atoms with Crippen LogP contribution in [-0.4, -0.2) is 5.48 Å². The van der Waals surface area contributed by atoms with Crippen molar-refractivity contribution in [3.05, 3.63) is 0 Å². The molecule has 0 aliphatic heterocycles. The van der Waals surface area contributed by atoms with Crippen molar-refractivity contribution < 1.29 is 56.9 Å². The van der Waals surface area contributed by atoms with Gasteiger partial charge in [-0.05, 0) is 0 Å². The Bertz CT molecular complexity index is 49.8. The smallest absolute Gasteiger partial charge is 0.870 e.